The molecule has 0 aliphatic carbocycles. The van der Waals surface area contributed by atoms with Crippen LogP contribution in [0.25, 0.3) is 10.9 Å². The lowest BCUT2D eigenvalue weighted by Gasteiger charge is -2.33. The molecule has 0 aromatic carbocycles. The number of nitrogens with zero attached hydrogens (tertiary/aromatic N) is 7. The van der Waals surface area contributed by atoms with Gasteiger partial charge in [0, 0.05) is 26.2 Å². The van der Waals surface area contributed by atoms with Crippen LogP contribution in [0.3, 0.4) is 0 Å². The van der Waals surface area contributed by atoms with E-state index in [9.17, 15) is 22.8 Å². The van der Waals surface area contributed by atoms with E-state index in [0.717, 1.165) is 0 Å². The number of fused-ring (bicyclic) bond motifs is 1. The first kappa shape index (κ1) is 22.7. The highest BCUT2D eigenvalue weighted by atomic mass is 19.4. The number of hydrogen-bond acceptors (Lipinski definition) is 9. The number of carbonyl (C=O) groups is 1. The lowest BCUT2D eigenvalue weighted by Crippen LogP contribution is -2.49. The molecule has 1 saturated heterocycles. The number of alkyl halides is 3. The molecule has 0 spiro atoms. The Hall–Kier alpha value is -3.49. The molecule has 178 valence electrons. The van der Waals surface area contributed by atoms with Crippen LogP contribution >= 0.6 is 0 Å². The molecule has 0 atom stereocenters. The number of anilines is 1. The van der Waals surface area contributed by atoms with E-state index in [1.165, 1.54) is 11.1 Å². The van der Waals surface area contributed by atoms with Crippen LogP contribution in [0.5, 0.6) is 0 Å². The fourth-order valence-electron chi connectivity index (χ4n) is 3.58. The first-order chi connectivity index (χ1) is 15.7. The molecule has 33 heavy (non-hydrogen) atoms. The van der Waals surface area contributed by atoms with E-state index in [0.29, 0.717) is 55.9 Å². The number of aromatic amines is 1. The molecule has 15 heteroatoms. The molecule has 0 bridgehead atoms. The van der Waals surface area contributed by atoms with Gasteiger partial charge < -0.3 is 19.1 Å². The van der Waals surface area contributed by atoms with E-state index >= 15 is 0 Å². The minimum Gasteiger partial charge on any atom is -0.379 e. The van der Waals surface area contributed by atoms with Gasteiger partial charge in [0.15, 0.2) is 0 Å². The van der Waals surface area contributed by atoms with E-state index in [1.807, 2.05) is 0 Å². The Morgan fingerprint density at radius 3 is 2.70 bits per heavy atom. The number of ether oxygens (including phenoxy) is 1. The molecule has 3 aromatic rings. The van der Waals surface area contributed by atoms with Gasteiger partial charge in [-0.1, -0.05) is 0 Å². The van der Waals surface area contributed by atoms with Crippen molar-refractivity contribution in [2.45, 2.75) is 26.1 Å². The first-order valence-electron chi connectivity index (χ1n) is 10.2. The molecular formula is C18H21F3N8O4. The number of H-pyrrole nitrogens is 1. The van der Waals surface area contributed by atoms with E-state index in [2.05, 4.69) is 30.0 Å². The van der Waals surface area contributed by atoms with Gasteiger partial charge in [0.05, 0.1) is 49.0 Å². The van der Waals surface area contributed by atoms with Crippen molar-refractivity contribution in [3.63, 3.8) is 0 Å². The fourth-order valence-corrected chi connectivity index (χ4v) is 3.58. The minimum absolute atomic E-state index is 0.116. The SMILES string of the molecule is Cc1nn(CCOCCC(=O)N2CCN(c3noc(C(F)(F)F)n3)CC2)c2cn[nH]c(=O)c12. The van der Waals surface area contributed by atoms with Crippen LogP contribution in [-0.4, -0.2) is 80.3 Å². The zero-order chi connectivity index (χ0) is 23.6. The molecule has 1 N–H and O–H groups in total. The first-order valence-corrected chi connectivity index (χ1v) is 10.2. The van der Waals surface area contributed by atoms with Crippen molar-refractivity contribution in [2.75, 3.05) is 44.3 Å². The summed E-state index contributed by atoms with van der Waals surface area (Å²) in [6.45, 7) is 3.88. The molecule has 0 saturated carbocycles. The number of aryl methyl sites for hydroxylation is 1. The van der Waals surface area contributed by atoms with Gasteiger partial charge in [0.25, 0.3) is 11.5 Å². The molecule has 0 radical (unpaired) electrons. The maximum atomic E-state index is 12.6. The number of amides is 1. The summed E-state index contributed by atoms with van der Waals surface area (Å²) in [6.07, 6.45) is -3.00. The van der Waals surface area contributed by atoms with E-state index in [-0.39, 0.29) is 30.4 Å². The Morgan fingerprint density at radius 2 is 2.00 bits per heavy atom. The molecule has 1 amide bonds. The second kappa shape index (κ2) is 9.17. The monoisotopic (exact) mass is 470 g/mol. The average Bonchev–Trinajstić information content (AvgIpc) is 3.40. The molecule has 3 aromatic heterocycles. The third-order valence-electron chi connectivity index (χ3n) is 5.23. The van der Waals surface area contributed by atoms with Gasteiger partial charge in [-0.3, -0.25) is 14.3 Å². The molecule has 0 unspecified atom stereocenters. The Morgan fingerprint density at radius 1 is 1.24 bits per heavy atom. The van der Waals surface area contributed by atoms with Crippen LogP contribution in [0.15, 0.2) is 15.5 Å². The number of nitrogens with one attached hydrogen (secondary N) is 1. The quantitative estimate of drug-likeness (QED) is 0.492. The number of hydrogen-bond donors (Lipinski definition) is 1. The molecular weight excluding hydrogens is 449 g/mol. The van der Waals surface area contributed by atoms with Gasteiger partial charge in [-0.2, -0.15) is 28.4 Å². The lowest BCUT2D eigenvalue weighted by atomic mass is 10.3. The predicted octanol–water partition coefficient (Wildman–Crippen LogP) is 0.585. The molecule has 12 nitrogen and oxygen atoms in total. The van der Waals surface area contributed by atoms with Crippen molar-refractivity contribution in [3.8, 4) is 0 Å². The zero-order valence-corrected chi connectivity index (χ0v) is 17.6. The van der Waals surface area contributed by atoms with Crippen LogP contribution in [0.2, 0.25) is 0 Å². The Balaban J connectivity index is 1.19. The normalized spacial score (nSPS) is 14.9. The summed E-state index contributed by atoms with van der Waals surface area (Å²) >= 11 is 0. The Kier molecular flexibility index (Phi) is 6.31. The van der Waals surface area contributed by atoms with Crippen LogP contribution in [0.4, 0.5) is 19.1 Å². The highest BCUT2D eigenvalue weighted by molar-refractivity contribution is 5.79. The van der Waals surface area contributed by atoms with Gasteiger partial charge >= 0.3 is 12.1 Å². The number of halogens is 3. The van der Waals surface area contributed by atoms with Crippen LogP contribution in [-0.2, 0) is 22.3 Å². The van der Waals surface area contributed by atoms with Gasteiger partial charge in [-0.25, -0.2) is 5.10 Å². The van der Waals surface area contributed by atoms with Crippen LogP contribution < -0.4 is 10.5 Å². The lowest BCUT2D eigenvalue weighted by molar-refractivity contribution is -0.159. The van der Waals surface area contributed by atoms with Gasteiger partial charge in [-0.05, 0) is 12.1 Å². The minimum atomic E-state index is -4.69. The number of piperazine rings is 1. The second-order valence-electron chi connectivity index (χ2n) is 7.40. The summed E-state index contributed by atoms with van der Waals surface area (Å²) in [5, 5.41) is 14.3. The smallest absolute Gasteiger partial charge is 0.379 e. The topological polar surface area (TPSA) is 135 Å². The van der Waals surface area contributed by atoms with Crippen molar-refractivity contribution in [1.82, 2.24) is 35.0 Å². The largest absolute Gasteiger partial charge is 0.471 e. The van der Waals surface area contributed by atoms with E-state index in [1.54, 1.807) is 16.5 Å². The fraction of sp³-hybridized carbons (Fsp3) is 0.556. The van der Waals surface area contributed by atoms with Crippen molar-refractivity contribution in [1.29, 1.82) is 0 Å². The maximum Gasteiger partial charge on any atom is 0.471 e. The summed E-state index contributed by atoms with van der Waals surface area (Å²) in [4.78, 5) is 30.8. The summed E-state index contributed by atoms with van der Waals surface area (Å²) in [5.74, 6) is -1.65. The molecule has 1 aliphatic rings. The summed E-state index contributed by atoms with van der Waals surface area (Å²) in [5.41, 5.74) is 0.902. The molecule has 1 fully saturated rings. The number of rotatable bonds is 7. The van der Waals surface area contributed by atoms with Gasteiger partial charge in [0.1, 0.15) is 0 Å². The van der Waals surface area contributed by atoms with Crippen LogP contribution in [0.1, 0.15) is 18.0 Å². The number of aromatic nitrogens is 6. The average molecular weight is 470 g/mol. The Labute approximate surface area is 184 Å². The molecule has 4 rings (SSSR count). The molecule has 1 aliphatic heterocycles. The van der Waals surface area contributed by atoms with Crippen molar-refractivity contribution in [3.05, 3.63) is 28.1 Å². The maximum absolute atomic E-state index is 12.6. The zero-order valence-electron chi connectivity index (χ0n) is 17.6. The van der Waals surface area contributed by atoms with Crippen molar-refractivity contribution in [2.24, 2.45) is 0 Å². The van der Waals surface area contributed by atoms with Crippen molar-refractivity contribution >= 4 is 22.8 Å². The predicted molar refractivity (Wildman–Crippen MR) is 106 cm³/mol. The standard InChI is InChI=1S/C18H21F3N8O4/c1-11-14-12(10-22-24-15(14)31)29(25-11)7-9-32-8-2-13(30)27-3-5-28(6-4-27)17-23-16(33-26-17)18(19,20)21/h10H,2-9H2,1H3,(H,24,31). The van der Waals surface area contributed by atoms with Gasteiger partial charge in [-0.15, -0.1) is 0 Å². The third-order valence-corrected chi connectivity index (χ3v) is 5.23. The highest BCUT2D eigenvalue weighted by Crippen LogP contribution is 2.29. The third kappa shape index (κ3) is 4.97. The van der Waals surface area contributed by atoms with E-state index < -0.39 is 12.1 Å². The second-order valence-corrected chi connectivity index (χ2v) is 7.40. The van der Waals surface area contributed by atoms with Crippen molar-refractivity contribution < 1.29 is 27.2 Å². The summed E-state index contributed by atoms with van der Waals surface area (Å²) in [6, 6.07) is 0. The van der Waals surface area contributed by atoms with E-state index in [4.69, 9.17) is 4.74 Å². The summed E-state index contributed by atoms with van der Waals surface area (Å²) in [7, 11) is 0. The van der Waals surface area contributed by atoms with Gasteiger partial charge in [0.2, 0.25) is 5.91 Å². The van der Waals surface area contributed by atoms with Crippen LogP contribution in [0, 0.1) is 6.92 Å². The Bertz CT molecular complexity index is 1180. The summed E-state index contributed by atoms with van der Waals surface area (Å²) < 4.78 is 49.2. The highest BCUT2D eigenvalue weighted by Gasteiger charge is 2.39. The molecule has 4 heterocycles. The number of carbonyl (C=O) groups excluding carboxylic acids is 1.